The van der Waals surface area contributed by atoms with Crippen molar-refractivity contribution in [2.45, 2.75) is 120 Å². The third-order valence-corrected chi connectivity index (χ3v) is 28.4. The molecule has 23 heteroatoms. The Bertz CT molecular complexity index is 7770. The van der Waals surface area contributed by atoms with Gasteiger partial charge in [-0.1, -0.05) is 164 Å². The number of aromatic nitrogens is 10. The molecule has 0 radical (unpaired) electrons. The zero-order chi connectivity index (χ0) is 95.8. The van der Waals surface area contributed by atoms with E-state index in [-0.39, 0.29) is 30.8 Å². The van der Waals surface area contributed by atoms with Crippen LogP contribution in [-0.4, -0.2) is 115 Å². The number of benzene rings is 7. The topological polar surface area (TPSA) is 156 Å². The van der Waals surface area contributed by atoms with Crippen LogP contribution in [0.3, 0.4) is 0 Å². The van der Waals surface area contributed by atoms with Crippen LogP contribution in [0.4, 0.5) is 29.1 Å². The van der Waals surface area contributed by atoms with Gasteiger partial charge in [-0.3, -0.25) is 0 Å². The number of furan rings is 3. The number of hydrogen-bond acceptors (Lipinski definition) is 18. The fourth-order valence-corrected chi connectivity index (χ4v) is 19.8. The number of anilines is 5. The molecule has 0 N–H and O–H groups in total. The number of fused-ring (bicyclic) bond motifs is 10. The summed E-state index contributed by atoms with van der Waals surface area (Å²) >= 11 is 0. The molecule has 6 aliphatic rings. The van der Waals surface area contributed by atoms with Crippen LogP contribution >= 0.6 is 0 Å². The molecule has 0 saturated heterocycles. The summed E-state index contributed by atoms with van der Waals surface area (Å²) in [4.78, 5) is 44.9. The molecule has 137 heavy (non-hydrogen) atoms. The summed E-state index contributed by atoms with van der Waals surface area (Å²) in [5.41, 5.74) is 26.0. The van der Waals surface area contributed by atoms with Crippen LogP contribution in [0.2, 0.25) is 0 Å². The first kappa shape index (κ1) is 90.4. The van der Waals surface area contributed by atoms with Crippen molar-refractivity contribution in [2.24, 2.45) is 35.2 Å². The summed E-state index contributed by atoms with van der Waals surface area (Å²) in [6.07, 6.45) is 31.2. The molecule has 15 heterocycles. The number of hydrogen-bond donors (Lipinski definition) is 0. The van der Waals surface area contributed by atoms with Gasteiger partial charge >= 0.3 is 5.82 Å². The summed E-state index contributed by atoms with van der Waals surface area (Å²) in [5, 5.41) is 6.89. The van der Waals surface area contributed by atoms with Gasteiger partial charge in [0.2, 0.25) is 0 Å². The average Bonchev–Trinajstić information content (AvgIpc) is 1.59. The van der Waals surface area contributed by atoms with E-state index in [4.69, 9.17) is 13.3 Å². The van der Waals surface area contributed by atoms with Crippen molar-refractivity contribution in [1.29, 1.82) is 0 Å². The summed E-state index contributed by atoms with van der Waals surface area (Å²) in [7, 11) is 21.2. The second kappa shape index (κ2) is 36.9. The Balaban J connectivity index is 0.000000110. The van der Waals surface area contributed by atoms with Crippen LogP contribution in [0.1, 0.15) is 85.4 Å². The highest BCUT2D eigenvalue weighted by molar-refractivity contribution is 6.11. The molecule has 0 unspecified atom stereocenters. The van der Waals surface area contributed by atoms with E-state index in [1.165, 1.54) is 72.3 Å². The van der Waals surface area contributed by atoms with Crippen molar-refractivity contribution in [3.05, 3.63) is 338 Å². The Morgan fingerprint density at radius 1 is 0.343 bits per heavy atom. The molecule has 10 aromatic heterocycles. The lowest BCUT2D eigenvalue weighted by Crippen LogP contribution is -2.44. The highest BCUT2D eigenvalue weighted by Crippen LogP contribution is 2.45. The molecule has 0 amide bonds. The molecule has 23 nitrogen and oxygen atoms in total. The maximum Gasteiger partial charge on any atom is 0.310 e. The highest BCUT2D eigenvalue weighted by atomic mass is 16.3. The number of para-hydroxylation sites is 2. The minimum absolute atomic E-state index is 0.225. The maximum absolute atomic E-state index is 6.37. The van der Waals surface area contributed by atoms with Gasteiger partial charge < -0.3 is 37.8 Å². The van der Waals surface area contributed by atoms with E-state index in [9.17, 15) is 0 Å². The molecule has 690 valence electrons. The second-order valence-electron chi connectivity index (χ2n) is 36.8. The Kier molecular flexibility index (Phi) is 24.3. The molecule has 0 saturated carbocycles. The fourth-order valence-electron chi connectivity index (χ4n) is 19.8. The third kappa shape index (κ3) is 16.5. The van der Waals surface area contributed by atoms with Crippen LogP contribution < -0.4 is 47.3 Å². The summed E-state index contributed by atoms with van der Waals surface area (Å²) < 4.78 is 30.3. The van der Waals surface area contributed by atoms with Crippen LogP contribution in [0.15, 0.2) is 300 Å². The van der Waals surface area contributed by atoms with Gasteiger partial charge in [0, 0.05) is 151 Å². The lowest BCUT2D eigenvalue weighted by atomic mass is 9.99. The van der Waals surface area contributed by atoms with Crippen LogP contribution in [0.5, 0.6) is 0 Å². The fraction of sp³-hybridized carbons (Fsp3) is 0.246. The molecule has 23 rings (SSSR count). The molecule has 17 aromatic rings. The average molecular weight is 1820 g/mol. The predicted octanol–water partition coefficient (Wildman–Crippen LogP) is 20.8. The van der Waals surface area contributed by atoms with Gasteiger partial charge in [-0.05, 0) is 148 Å². The molecular weight excluding hydrogens is 1700 g/mol. The van der Waals surface area contributed by atoms with E-state index in [0.29, 0.717) is 5.82 Å². The number of allylic oxidation sites excluding steroid dienone is 1. The summed E-state index contributed by atoms with van der Waals surface area (Å²) in [6.45, 7) is 25.6. The van der Waals surface area contributed by atoms with Crippen LogP contribution in [0, 0.1) is 48.5 Å². The molecule has 7 aromatic carbocycles. The molecule has 0 bridgehead atoms. The van der Waals surface area contributed by atoms with E-state index >= 15 is 0 Å². The van der Waals surface area contributed by atoms with Crippen molar-refractivity contribution in [1.82, 2.24) is 49.4 Å². The SMILES string of the molecule is Cc1ccccc1-c1c2c3c(oc2cc(N2C=CN(C)[C@@H]2C)[n+]1C)C=CC3.Cc1ccccc1-c1c2oc3ccccc3c2cc(N2C=CN(C)[C@@H]2C)[n+]1C.Cc1ccccc1-c1cc2cncnc2c(N2C=CN(C)[C@@H]2C)[n+]1C.Cc1ccccc1-c1cc2oc3ccccc3c2c(N2C=CN(C)[C@@H]2C)[n+]1C.Cc1nc(C)nc(-c2cc(-c3ccccc3C)[n+](C)c(N3C=CN(C)[C@@H]3C)c2)n1. The largest absolute Gasteiger partial charge is 0.456 e. The van der Waals surface area contributed by atoms with E-state index < -0.39 is 0 Å². The number of aryl methyl sites for hydroxylation is 7. The summed E-state index contributed by atoms with van der Waals surface area (Å²) in [6, 6.07) is 72.3. The van der Waals surface area contributed by atoms with Gasteiger partial charge in [0.15, 0.2) is 53.4 Å². The first-order valence-corrected chi connectivity index (χ1v) is 47.0. The zero-order valence-corrected chi connectivity index (χ0v) is 82.5. The number of rotatable bonds is 11. The molecule has 0 spiro atoms. The van der Waals surface area contributed by atoms with Crippen molar-refractivity contribution in [3.63, 3.8) is 0 Å². The molecule has 5 atom stereocenters. The Morgan fingerprint density at radius 3 is 1.26 bits per heavy atom. The molecule has 5 aliphatic heterocycles. The van der Waals surface area contributed by atoms with Crippen LogP contribution in [0.25, 0.3) is 139 Å². The minimum Gasteiger partial charge on any atom is -0.456 e. The predicted molar refractivity (Wildman–Crippen MR) is 552 cm³/mol. The zero-order valence-electron chi connectivity index (χ0n) is 82.5. The molecule has 1 aliphatic carbocycles. The Morgan fingerprint density at radius 2 is 0.752 bits per heavy atom. The second-order valence-corrected chi connectivity index (χ2v) is 36.8. The van der Waals surface area contributed by atoms with Gasteiger partial charge in [0.05, 0.1) is 46.7 Å². The number of pyridine rings is 5. The standard InChI is InChI=1S/2C24H24N3O.C23H27N6.C23H24N3O.C20H22N5/c1-16-9-5-6-10-18(16)23-24-20(19-11-7-8-12-21(19)28-24)15-22(26(23)4)27-14-13-25(3)17(27)2;1-16-9-5-6-10-18(16)20-15-22-23(19-11-7-8-12-21(19)28-22)24(26(20)4)27-14-13-25(3)17(27)2;1-15-9-7-8-10-20(15)21-13-19(23-25-16(2)24-17(3)26-23)14-22(28(21)6)29-12-11-27(5)18(29)4;1-15-8-5-6-9-17(15)23-22-18-10-7-11-19(18)27-20(22)14-21(25(23)4)26-13-12-24(3)16(26)2;1-14-7-5-6-8-17(14)18-11-16-12-21-13-22-19(16)20(24(18)4)25-10-9-23(3)15(25)2/h2*5-15,17H,1-4H3;7-14,18H,1-6H3;5-9,11-14,16H,10H2,1-4H3;5-13,15H,1-4H3/q5*+1/t2*17-;18-;16-;15-/m00000/s1. The van der Waals surface area contributed by atoms with E-state index in [1.54, 1.807) is 6.33 Å². The van der Waals surface area contributed by atoms with Gasteiger partial charge in [-0.25, -0.2) is 72.3 Å². The Labute approximate surface area is 802 Å². The van der Waals surface area contributed by atoms with Crippen LogP contribution in [-0.2, 0) is 41.7 Å². The van der Waals surface area contributed by atoms with E-state index in [1.807, 2.05) is 44.3 Å². The van der Waals surface area contributed by atoms with Crippen molar-refractivity contribution >= 4 is 101 Å². The highest BCUT2D eigenvalue weighted by Gasteiger charge is 2.41. The van der Waals surface area contributed by atoms with Gasteiger partial charge in [0.25, 0.3) is 23.3 Å². The number of nitrogens with zero attached hydrogens (tertiary/aromatic N) is 20. The van der Waals surface area contributed by atoms with Gasteiger partial charge in [-0.15, -0.1) is 0 Å². The normalized spacial score (nSPS) is 16.8. The lowest BCUT2D eigenvalue weighted by Gasteiger charge is -2.23. The summed E-state index contributed by atoms with van der Waals surface area (Å²) in [5.74, 6) is 8.75. The van der Waals surface area contributed by atoms with Gasteiger partial charge in [-0.2, -0.15) is 0 Å². The monoisotopic (exact) mass is 1820 g/mol. The Hall–Kier alpha value is -15.8. The first-order valence-electron chi connectivity index (χ1n) is 47.0. The van der Waals surface area contributed by atoms with E-state index in [0.717, 1.165) is 142 Å². The molecular formula is C114H121N20O3+5. The third-order valence-electron chi connectivity index (χ3n) is 28.4. The van der Waals surface area contributed by atoms with Crippen molar-refractivity contribution in [2.75, 3.05) is 59.7 Å². The maximum atomic E-state index is 6.37. The first-order chi connectivity index (χ1) is 66.1. The van der Waals surface area contributed by atoms with Gasteiger partial charge in [0.1, 0.15) is 105 Å². The van der Waals surface area contributed by atoms with E-state index in [2.05, 4.69) is 493 Å². The minimum atomic E-state index is 0.225. The quantitative estimate of drug-likeness (QED) is 0.113. The molecule has 0 fully saturated rings. The van der Waals surface area contributed by atoms with Crippen molar-refractivity contribution < 1.29 is 36.1 Å². The smallest absolute Gasteiger partial charge is 0.310 e. The van der Waals surface area contributed by atoms with Crippen molar-refractivity contribution in [3.8, 4) is 67.7 Å². The lowest BCUT2D eigenvalue weighted by molar-refractivity contribution is -0.647.